The first kappa shape index (κ1) is 25.1. The fraction of sp³-hybridized carbons (Fsp3) is 0.409. The van der Waals surface area contributed by atoms with E-state index in [1.54, 1.807) is 19.2 Å². The summed E-state index contributed by atoms with van der Waals surface area (Å²) in [4.78, 5) is 6.56. The molecule has 1 saturated heterocycles. The van der Waals surface area contributed by atoms with Crippen LogP contribution in [-0.2, 0) is 17.8 Å². The minimum absolute atomic E-state index is 0. The minimum Gasteiger partial charge on any atom is -0.434 e. The molecule has 0 aliphatic carbocycles. The number of hydrogen-bond donors (Lipinski definition) is 2. The van der Waals surface area contributed by atoms with Crippen LogP contribution in [0.15, 0.2) is 47.5 Å². The first-order chi connectivity index (χ1) is 14.6. The molecule has 0 unspecified atom stereocenters. The molecule has 0 bridgehead atoms. The highest BCUT2D eigenvalue weighted by Gasteiger charge is 2.15. The van der Waals surface area contributed by atoms with Crippen LogP contribution in [0.25, 0.3) is 0 Å². The van der Waals surface area contributed by atoms with Gasteiger partial charge in [-0.25, -0.2) is 0 Å². The lowest BCUT2D eigenvalue weighted by Gasteiger charge is -2.30. The van der Waals surface area contributed by atoms with Gasteiger partial charge in [0.1, 0.15) is 5.75 Å². The number of hydrogen-bond acceptors (Lipinski definition) is 4. The average molecular weight is 546 g/mol. The Hall–Kier alpha value is -2.14. The van der Waals surface area contributed by atoms with Crippen LogP contribution < -0.4 is 20.3 Å². The molecular formula is C22H29F2IN4O2. The number of ether oxygens (including phenoxy) is 2. The highest BCUT2D eigenvalue weighted by Crippen LogP contribution is 2.23. The summed E-state index contributed by atoms with van der Waals surface area (Å²) in [5.41, 5.74) is 3.94. The minimum atomic E-state index is -2.86. The van der Waals surface area contributed by atoms with E-state index in [2.05, 4.69) is 37.4 Å². The molecule has 0 saturated carbocycles. The van der Waals surface area contributed by atoms with Crippen molar-refractivity contribution < 1.29 is 18.3 Å². The normalized spacial score (nSPS) is 14.2. The molecule has 1 aliphatic rings. The molecule has 0 spiro atoms. The summed E-state index contributed by atoms with van der Waals surface area (Å²) >= 11 is 0. The summed E-state index contributed by atoms with van der Waals surface area (Å²) in [5.74, 6) is 0.743. The largest absolute Gasteiger partial charge is 0.434 e. The average Bonchev–Trinajstić information content (AvgIpc) is 2.76. The Morgan fingerprint density at radius 3 is 2.45 bits per heavy atom. The Kier molecular flexibility index (Phi) is 10.3. The molecular weight excluding hydrogens is 517 g/mol. The molecule has 170 valence electrons. The lowest BCUT2D eigenvalue weighted by atomic mass is 10.1. The number of aliphatic imine (C=N–C) groups is 1. The molecule has 1 aliphatic heterocycles. The Bertz CT molecular complexity index is 861. The van der Waals surface area contributed by atoms with Gasteiger partial charge in [-0.2, -0.15) is 8.78 Å². The van der Waals surface area contributed by atoms with E-state index in [1.165, 1.54) is 5.69 Å². The topological polar surface area (TPSA) is 58.1 Å². The van der Waals surface area contributed by atoms with Crippen molar-refractivity contribution in [1.29, 1.82) is 0 Å². The van der Waals surface area contributed by atoms with Gasteiger partial charge < -0.3 is 25.0 Å². The van der Waals surface area contributed by atoms with Crippen LogP contribution in [0, 0.1) is 6.92 Å². The second-order valence-corrected chi connectivity index (χ2v) is 7.00. The van der Waals surface area contributed by atoms with Gasteiger partial charge >= 0.3 is 6.61 Å². The van der Waals surface area contributed by atoms with Crippen molar-refractivity contribution in [3.63, 3.8) is 0 Å². The molecule has 2 aromatic rings. The van der Waals surface area contributed by atoms with Gasteiger partial charge in [0.15, 0.2) is 5.96 Å². The van der Waals surface area contributed by atoms with Crippen LogP contribution in [0.4, 0.5) is 14.5 Å². The molecule has 0 atom stereocenters. The molecule has 1 fully saturated rings. The number of halogens is 3. The predicted octanol–water partition coefficient (Wildman–Crippen LogP) is 3.92. The van der Waals surface area contributed by atoms with Gasteiger partial charge in [0, 0.05) is 44.5 Å². The third-order valence-corrected chi connectivity index (χ3v) is 4.89. The number of aryl methyl sites for hydroxylation is 1. The van der Waals surface area contributed by atoms with Crippen molar-refractivity contribution in [2.45, 2.75) is 26.6 Å². The standard InChI is InChI=1S/C22H28F2N4O2.HI/c1-16-7-8-20(30-21(23)24)18(13-16)15-27-22(25-2)26-14-17-5-3-4-6-19(17)28-9-11-29-12-10-28;/h3-8,13,21H,9-12,14-15H2,1-2H3,(H2,25,26,27);1H. The van der Waals surface area contributed by atoms with Crippen LogP contribution in [0.1, 0.15) is 16.7 Å². The molecule has 0 aromatic heterocycles. The fourth-order valence-electron chi connectivity index (χ4n) is 3.41. The number of alkyl halides is 2. The summed E-state index contributed by atoms with van der Waals surface area (Å²) in [6, 6.07) is 13.4. The maximum atomic E-state index is 12.7. The van der Waals surface area contributed by atoms with Gasteiger partial charge in [-0.3, -0.25) is 4.99 Å². The number of nitrogens with one attached hydrogen (secondary N) is 2. The fourth-order valence-corrected chi connectivity index (χ4v) is 3.41. The highest BCUT2D eigenvalue weighted by molar-refractivity contribution is 14.0. The quantitative estimate of drug-likeness (QED) is 0.314. The zero-order valence-electron chi connectivity index (χ0n) is 17.7. The van der Waals surface area contributed by atoms with Gasteiger partial charge in [0.2, 0.25) is 0 Å². The molecule has 2 aromatic carbocycles. The second-order valence-electron chi connectivity index (χ2n) is 7.00. The molecule has 3 rings (SSSR count). The Morgan fingerprint density at radius 1 is 1.10 bits per heavy atom. The number of anilines is 1. The molecule has 31 heavy (non-hydrogen) atoms. The van der Waals surface area contributed by atoms with E-state index in [-0.39, 0.29) is 29.7 Å². The van der Waals surface area contributed by atoms with E-state index in [0.717, 1.165) is 37.4 Å². The van der Waals surface area contributed by atoms with Crippen molar-refractivity contribution in [1.82, 2.24) is 10.6 Å². The van der Waals surface area contributed by atoms with Crippen molar-refractivity contribution in [2.24, 2.45) is 4.99 Å². The van der Waals surface area contributed by atoms with E-state index in [4.69, 9.17) is 4.74 Å². The number of nitrogens with zero attached hydrogens (tertiary/aromatic N) is 2. The van der Waals surface area contributed by atoms with Crippen molar-refractivity contribution in [3.05, 3.63) is 59.2 Å². The van der Waals surface area contributed by atoms with Crippen LogP contribution in [0.2, 0.25) is 0 Å². The number of para-hydroxylation sites is 1. The Labute approximate surface area is 199 Å². The summed E-state index contributed by atoms with van der Waals surface area (Å²) in [6.45, 7) is 3.13. The third-order valence-electron chi connectivity index (χ3n) is 4.89. The van der Waals surface area contributed by atoms with E-state index in [0.29, 0.717) is 24.6 Å². The second kappa shape index (κ2) is 12.7. The number of rotatable bonds is 7. The van der Waals surface area contributed by atoms with E-state index < -0.39 is 6.61 Å². The molecule has 0 radical (unpaired) electrons. The smallest absolute Gasteiger partial charge is 0.387 e. The first-order valence-corrected chi connectivity index (χ1v) is 9.96. The molecule has 2 N–H and O–H groups in total. The first-order valence-electron chi connectivity index (χ1n) is 9.96. The molecule has 1 heterocycles. The van der Waals surface area contributed by atoms with Crippen molar-refractivity contribution in [3.8, 4) is 5.75 Å². The molecule has 0 amide bonds. The lowest BCUT2D eigenvalue weighted by molar-refractivity contribution is -0.0504. The third kappa shape index (κ3) is 7.49. The number of morpholine rings is 1. The predicted molar refractivity (Wildman–Crippen MR) is 130 cm³/mol. The van der Waals surface area contributed by atoms with E-state index >= 15 is 0 Å². The Morgan fingerprint density at radius 2 is 1.77 bits per heavy atom. The SMILES string of the molecule is CN=C(NCc1cc(C)ccc1OC(F)F)NCc1ccccc1N1CCOCC1.I. The lowest BCUT2D eigenvalue weighted by Crippen LogP contribution is -2.39. The van der Waals surface area contributed by atoms with Gasteiger partial charge in [0.25, 0.3) is 0 Å². The van der Waals surface area contributed by atoms with Crippen LogP contribution in [0.5, 0.6) is 5.75 Å². The number of guanidine groups is 1. The van der Waals surface area contributed by atoms with Crippen molar-refractivity contribution >= 4 is 35.6 Å². The van der Waals surface area contributed by atoms with Gasteiger partial charge in [-0.05, 0) is 24.6 Å². The molecule has 9 heteroatoms. The van der Waals surface area contributed by atoms with E-state index in [9.17, 15) is 8.78 Å². The number of benzene rings is 2. The summed E-state index contributed by atoms with van der Waals surface area (Å²) in [5, 5.41) is 6.48. The summed E-state index contributed by atoms with van der Waals surface area (Å²) in [7, 11) is 1.68. The zero-order valence-corrected chi connectivity index (χ0v) is 20.1. The summed E-state index contributed by atoms with van der Waals surface area (Å²) in [6.07, 6.45) is 0. The Balaban J connectivity index is 0.00000341. The molecule has 6 nitrogen and oxygen atoms in total. The van der Waals surface area contributed by atoms with Gasteiger partial charge in [-0.1, -0.05) is 35.9 Å². The van der Waals surface area contributed by atoms with Gasteiger partial charge in [0.05, 0.1) is 13.2 Å². The zero-order chi connectivity index (χ0) is 21.3. The van der Waals surface area contributed by atoms with Crippen molar-refractivity contribution in [2.75, 3.05) is 38.3 Å². The summed E-state index contributed by atoms with van der Waals surface area (Å²) < 4.78 is 35.4. The van der Waals surface area contributed by atoms with Crippen LogP contribution in [-0.4, -0.2) is 45.9 Å². The maximum Gasteiger partial charge on any atom is 0.387 e. The van der Waals surface area contributed by atoms with Crippen LogP contribution >= 0.6 is 24.0 Å². The monoisotopic (exact) mass is 546 g/mol. The van der Waals surface area contributed by atoms with Crippen LogP contribution in [0.3, 0.4) is 0 Å². The highest BCUT2D eigenvalue weighted by atomic mass is 127. The van der Waals surface area contributed by atoms with E-state index in [1.807, 2.05) is 25.1 Å². The van der Waals surface area contributed by atoms with Gasteiger partial charge in [-0.15, -0.1) is 24.0 Å². The maximum absolute atomic E-state index is 12.7.